The summed E-state index contributed by atoms with van der Waals surface area (Å²) in [5.41, 5.74) is 3.09. The lowest BCUT2D eigenvalue weighted by Crippen LogP contribution is -2.23. The van der Waals surface area contributed by atoms with Crippen molar-refractivity contribution in [3.8, 4) is 0 Å². The molecule has 0 saturated heterocycles. The van der Waals surface area contributed by atoms with Gasteiger partial charge in [-0.2, -0.15) is 0 Å². The van der Waals surface area contributed by atoms with Gasteiger partial charge in [0.05, 0.1) is 5.56 Å². The van der Waals surface area contributed by atoms with E-state index in [1.54, 1.807) is 0 Å². The molecule has 0 saturated carbocycles. The van der Waals surface area contributed by atoms with Crippen LogP contribution in [0.25, 0.3) is 0 Å². The largest absolute Gasteiger partial charge is 0.322 e. The van der Waals surface area contributed by atoms with Crippen molar-refractivity contribution in [2.45, 2.75) is 13.0 Å². The maximum atomic E-state index is 13.7. The fourth-order valence-electron chi connectivity index (χ4n) is 2.43. The molecule has 21 heavy (non-hydrogen) atoms. The van der Waals surface area contributed by atoms with Gasteiger partial charge in [-0.3, -0.25) is 4.79 Å². The zero-order chi connectivity index (χ0) is 14.8. The van der Waals surface area contributed by atoms with Gasteiger partial charge >= 0.3 is 0 Å². The van der Waals surface area contributed by atoms with Crippen molar-refractivity contribution in [3.63, 3.8) is 0 Å². The molecule has 5 heteroatoms. The van der Waals surface area contributed by atoms with Crippen LogP contribution >= 0.6 is 11.6 Å². The molecule has 0 bridgehead atoms. The minimum absolute atomic E-state index is 0.0183. The molecule has 1 amide bonds. The topological polar surface area (TPSA) is 41.1 Å². The average molecular weight is 305 g/mol. The number of carbonyl (C=O) groups excluding carboxylic acids is 1. The highest BCUT2D eigenvalue weighted by Crippen LogP contribution is 2.21. The van der Waals surface area contributed by atoms with Crippen molar-refractivity contribution < 1.29 is 9.18 Å². The van der Waals surface area contributed by atoms with Gasteiger partial charge in [-0.25, -0.2) is 4.39 Å². The van der Waals surface area contributed by atoms with Crippen LogP contribution in [-0.4, -0.2) is 12.5 Å². The molecule has 0 fully saturated rings. The van der Waals surface area contributed by atoms with Crippen LogP contribution in [0, 0.1) is 5.82 Å². The predicted octanol–water partition coefficient (Wildman–Crippen LogP) is 3.38. The Labute approximate surface area is 127 Å². The Hall–Kier alpha value is -1.91. The van der Waals surface area contributed by atoms with Gasteiger partial charge in [0.2, 0.25) is 0 Å². The van der Waals surface area contributed by atoms with E-state index in [0.717, 1.165) is 31.1 Å². The van der Waals surface area contributed by atoms with Crippen molar-refractivity contribution in [3.05, 3.63) is 63.9 Å². The third-order valence-corrected chi connectivity index (χ3v) is 3.76. The Morgan fingerprint density at radius 3 is 2.86 bits per heavy atom. The standard InChI is InChI=1S/C16H14ClFN2O/c17-12-2-4-14(15(18)8-12)16(21)20-13-3-1-10-5-6-19-9-11(10)7-13/h1-4,7-8,19H,5-6,9H2,(H,20,21). The zero-order valence-corrected chi connectivity index (χ0v) is 12.0. The SMILES string of the molecule is O=C(Nc1ccc2c(c1)CNCC2)c1ccc(Cl)cc1F. The van der Waals surface area contributed by atoms with Gasteiger partial charge < -0.3 is 10.6 Å². The highest BCUT2D eigenvalue weighted by Gasteiger charge is 2.14. The Morgan fingerprint density at radius 2 is 2.05 bits per heavy atom. The molecule has 0 atom stereocenters. The number of nitrogens with one attached hydrogen (secondary N) is 2. The molecule has 0 unspecified atom stereocenters. The van der Waals surface area contributed by atoms with E-state index in [1.807, 2.05) is 18.2 Å². The first-order chi connectivity index (χ1) is 10.1. The van der Waals surface area contributed by atoms with Crippen LogP contribution in [0.2, 0.25) is 5.02 Å². The van der Waals surface area contributed by atoms with Crippen molar-refractivity contribution in [2.75, 3.05) is 11.9 Å². The normalized spacial score (nSPS) is 13.6. The lowest BCUT2D eigenvalue weighted by molar-refractivity contribution is 0.102. The quantitative estimate of drug-likeness (QED) is 0.893. The van der Waals surface area contributed by atoms with Crippen LogP contribution < -0.4 is 10.6 Å². The summed E-state index contributed by atoms with van der Waals surface area (Å²) in [6.07, 6.45) is 0.982. The van der Waals surface area contributed by atoms with Gasteiger partial charge in [-0.15, -0.1) is 0 Å². The molecule has 3 rings (SSSR count). The molecule has 1 aliphatic rings. The smallest absolute Gasteiger partial charge is 0.258 e. The number of carbonyl (C=O) groups is 1. The number of benzene rings is 2. The van der Waals surface area contributed by atoms with Crippen LogP contribution in [-0.2, 0) is 13.0 Å². The third kappa shape index (κ3) is 3.06. The fourth-order valence-corrected chi connectivity index (χ4v) is 2.59. The number of halogens is 2. The van der Waals surface area contributed by atoms with Gasteiger partial charge in [0, 0.05) is 17.3 Å². The van der Waals surface area contributed by atoms with Crippen molar-refractivity contribution >= 4 is 23.2 Å². The first-order valence-corrected chi connectivity index (χ1v) is 7.10. The Morgan fingerprint density at radius 1 is 1.19 bits per heavy atom. The molecule has 0 spiro atoms. The summed E-state index contributed by atoms with van der Waals surface area (Å²) in [6, 6.07) is 9.78. The second-order valence-corrected chi connectivity index (χ2v) is 5.42. The summed E-state index contributed by atoms with van der Waals surface area (Å²) >= 11 is 5.68. The number of anilines is 1. The van der Waals surface area contributed by atoms with Gasteiger partial charge in [0.1, 0.15) is 5.82 Å². The minimum atomic E-state index is -0.625. The van der Waals surface area contributed by atoms with Gasteiger partial charge in [-0.05, 0) is 54.4 Å². The Bertz CT molecular complexity index is 703. The molecule has 0 radical (unpaired) electrons. The van der Waals surface area contributed by atoms with Crippen LogP contribution in [0.15, 0.2) is 36.4 Å². The molecule has 0 aliphatic carbocycles. The van der Waals surface area contributed by atoms with E-state index in [4.69, 9.17) is 11.6 Å². The predicted molar refractivity (Wildman–Crippen MR) is 81.2 cm³/mol. The second-order valence-electron chi connectivity index (χ2n) is 4.99. The molecule has 3 nitrogen and oxygen atoms in total. The summed E-state index contributed by atoms with van der Waals surface area (Å²) in [7, 11) is 0. The first-order valence-electron chi connectivity index (χ1n) is 6.72. The van der Waals surface area contributed by atoms with E-state index in [0.29, 0.717) is 5.69 Å². The molecular formula is C16H14ClFN2O. The van der Waals surface area contributed by atoms with E-state index < -0.39 is 11.7 Å². The minimum Gasteiger partial charge on any atom is -0.322 e. The van der Waals surface area contributed by atoms with E-state index in [-0.39, 0.29) is 10.6 Å². The first kappa shape index (κ1) is 14.0. The summed E-state index contributed by atoms with van der Waals surface area (Å²) in [4.78, 5) is 12.1. The van der Waals surface area contributed by atoms with Crippen molar-refractivity contribution in [2.24, 2.45) is 0 Å². The van der Waals surface area contributed by atoms with Crippen LogP contribution in [0.4, 0.5) is 10.1 Å². The van der Waals surface area contributed by atoms with E-state index in [1.165, 1.54) is 17.7 Å². The van der Waals surface area contributed by atoms with Gasteiger partial charge in [0.25, 0.3) is 5.91 Å². The van der Waals surface area contributed by atoms with E-state index in [9.17, 15) is 9.18 Å². The van der Waals surface area contributed by atoms with E-state index >= 15 is 0 Å². The molecule has 1 aliphatic heterocycles. The summed E-state index contributed by atoms with van der Waals surface area (Å²) in [5, 5.41) is 6.27. The lowest BCUT2D eigenvalue weighted by Gasteiger charge is -2.18. The van der Waals surface area contributed by atoms with Gasteiger partial charge in [0.15, 0.2) is 0 Å². The van der Waals surface area contributed by atoms with Crippen LogP contribution in [0.5, 0.6) is 0 Å². The average Bonchev–Trinajstić information content (AvgIpc) is 2.47. The Kier molecular flexibility index (Phi) is 3.90. The molecule has 0 aromatic heterocycles. The summed E-state index contributed by atoms with van der Waals surface area (Å²) < 4.78 is 13.7. The van der Waals surface area contributed by atoms with Gasteiger partial charge in [-0.1, -0.05) is 17.7 Å². The lowest BCUT2D eigenvalue weighted by atomic mass is 10.0. The molecule has 2 aromatic rings. The van der Waals surface area contributed by atoms with Crippen molar-refractivity contribution in [1.29, 1.82) is 0 Å². The molecule has 108 valence electrons. The highest BCUT2D eigenvalue weighted by molar-refractivity contribution is 6.30. The Balaban J connectivity index is 1.81. The maximum Gasteiger partial charge on any atom is 0.258 e. The summed E-state index contributed by atoms with van der Waals surface area (Å²) in [5.74, 6) is -1.10. The van der Waals surface area contributed by atoms with E-state index in [2.05, 4.69) is 10.6 Å². The number of amides is 1. The molecular weight excluding hydrogens is 291 g/mol. The number of rotatable bonds is 2. The number of fused-ring (bicyclic) bond motifs is 1. The highest BCUT2D eigenvalue weighted by atomic mass is 35.5. The van der Waals surface area contributed by atoms with Crippen LogP contribution in [0.3, 0.4) is 0 Å². The number of hydrogen-bond donors (Lipinski definition) is 2. The van der Waals surface area contributed by atoms with Crippen LogP contribution in [0.1, 0.15) is 21.5 Å². The molecule has 2 N–H and O–H groups in total. The second kappa shape index (κ2) is 5.84. The fraction of sp³-hybridized carbons (Fsp3) is 0.188. The van der Waals surface area contributed by atoms with Crippen molar-refractivity contribution in [1.82, 2.24) is 5.32 Å². The maximum absolute atomic E-state index is 13.7. The summed E-state index contributed by atoms with van der Waals surface area (Å²) in [6.45, 7) is 1.75. The molecule has 2 aromatic carbocycles. The number of hydrogen-bond acceptors (Lipinski definition) is 2. The third-order valence-electron chi connectivity index (χ3n) is 3.53. The zero-order valence-electron chi connectivity index (χ0n) is 11.2. The molecule has 1 heterocycles. The monoisotopic (exact) mass is 304 g/mol.